The number of anilines is 2. The van der Waals surface area contributed by atoms with Crippen LogP contribution in [0.5, 0.6) is 5.75 Å². The third-order valence-electron chi connectivity index (χ3n) is 11.1. The molecule has 0 saturated carbocycles. The summed E-state index contributed by atoms with van der Waals surface area (Å²) < 4.78 is 11.2. The van der Waals surface area contributed by atoms with Gasteiger partial charge in [0.05, 0.1) is 53.2 Å². The minimum Gasteiger partial charge on any atom is -0.495 e. The number of rotatable bonds is 17. The van der Waals surface area contributed by atoms with Gasteiger partial charge in [0.25, 0.3) is 11.8 Å². The number of benzene rings is 3. The maximum Gasteiger partial charge on any atom is 0.331 e. The number of pyridine rings is 1. The van der Waals surface area contributed by atoms with E-state index in [0.29, 0.717) is 68.8 Å². The van der Waals surface area contributed by atoms with Crippen molar-refractivity contribution in [3.63, 3.8) is 0 Å². The van der Waals surface area contributed by atoms with Gasteiger partial charge in [0.1, 0.15) is 48.7 Å². The lowest BCUT2D eigenvalue weighted by Gasteiger charge is -2.16. The highest BCUT2D eigenvalue weighted by atomic mass is 16.5. The Balaban J connectivity index is 0.965. The first-order chi connectivity index (χ1) is 33.2. The van der Waals surface area contributed by atoms with Crippen molar-refractivity contribution in [1.29, 1.82) is 0 Å². The van der Waals surface area contributed by atoms with E-state index in [2.05, 4.69) is 51.2 Å². The second kappa shape index (κ2) is 19.9. The zero-order valence-corrected chi connectivity index (χ0v) is 37.6. The predicted molar refractivity (Wildman–Crippen MR) is 249 cm³/mol. The molecule has 0 aliphatic rings. The molecule has 0 radical (unpaired) electrons. The van der Waals surface area contributed by atoms with Crippen molar-refractivity contribution in [3.05, 3.63) is 181 Å². The molecule has 6 heterocycles. The van der Waals surface area contributed by atoms with E-state index in [1.165, 1.54) is 12.7 Å². The number of hydrogen-bond acceptors (Lipinski definition) is 13. The van der Waals surface area contributed by atoms with Crippen molar-refractivity contribution in [2.75, 3.05) is 17.7 Å². The van der Waals surface area contributed by atoms with E-state index >= 15 is 0 Å². The van der Waals surface area contributed by atoms with Crippen molar-refractivity contribution < 1.29 is 23.5 Å². The standard InChI is InChI=1S/C48H45N17O3/c1-32(44-52-22-23-63(44)38-14-6-5-7-15-38)58-46(67)34-11-9-13-37(25-34)54-29-43-60-65(48(62(43)3)40-18-21-51-31-57-40)64-47(39-17-20-50-30-56-39)61(2)42(59-64)28-53-36-12-8-10-33(24-36)45(66)55-26-35-16-19-49-27-41(35)68-4/h5-25,27,30-32,53-54H,26,28-29H2,1-4H3/p+2. The van der Waals surface area contributed by atoms with Crippen LogP contribution in [0.1, 0.15) is 56.7 Å². The number of methoxy groups -OCH3 is 1. The molecule has 0 bridgehead atoms. The molecule has 0 saturated heterocycles. The van der Waals surface area contributed by atoms with Crippen LogP contribution < -0.4 is 35.1 Å². The molecule has 9 rings (SSSR count). The van der Waals surface area contributed by atoms with Crippen LogP contribution >= 0.6 is 0 Å². The lowest BCUT2D eigenvalue weighted by atomic mass is 10.1. The second-order valence-corrected chi connectivity index (χ2v) is 15.5. The molecule has 340 valence electrons. The summed E-state index contributed by atoms with van der Waals surface area (Å²) in [5.74, 6) is 3.27. The van der Waals surface area contributed by atoms with Gasteiger partial charge in [0, 0.05) is 71.3 Å². The number of carbonyl (C=O) groups is 2. The highest BCUT2D eigenvalue weighted by Gasteiger charge is 2.38. The quantitative estimate of drug-likeness (QED) is 0.0945. The zero-order valence-electron chi connectivity index (χ0n) is 37.6. The fraction of sp³-hybridized carbons (Fsp3) is 0.167. The Morgan fingerprint density at radius 1 is 0.662 bits per heavy atom. The van der Waals surface area contributed by atoms with E-state index in [0.717, 1.165) is 11.3 Å². The Hall–Kier alpha value is -9.20. The van der Waals surface area contributed by atoms with E-state index < -0.39 is 0 Å². The molecule has 0 spiro atoms. The number of imidazole rings is 1. The minimum atomic E-state index is -0.371. The molecule has 9 aromatic rings. The molecule has 2 amide bonds. The summed E-state index contributed by atoms with van der Waals surface area (Å²) >= 11 is 0. The van der Waals surface area contributed by atoms with Gasteiger partial charge in [-0.25, -0.2) is 34.1 Å². The highest BCUT2D eigenvalue weighted by molar-refractivity contribution is 5.95. The second-order valence-electron chi connectivity index (χ2n) is 15.5. The fourth-order valence-electron chi connectivity index (χ4n) is 7.63. The van der Waals surface area contributed by atoms with E-state index in [9.17, 15) is 9.59 Å². The van der Waals surface area contributed by atoms with Crippen LogP contribution in [0.15, 0.2) is 147 Å². The number of hydrogen-bond donors (Lipinski definition) is 4. The molecule has 1 atom stereocenters. The van der Waals surface area contributed by atoms with Crippen LogP contribution in [0.25, 0.3) is 28.7 Å². The van der Waals surface area contributed by atoms with Gasteiger partial charge < -0.3 is 30.6 Å². The van der Waals surface area contributed by atoms with Gasteiger partial charge in [-0.1, -0.05) is 30.3 Å². The average molecular weight is 910 g/mol. The normalized spacial score (nSPS) is 11.5. The first-order valence-electron chi connectivity index (χ1n) is 21.6. The number of carbonyl (C=O) groups excluding carboxylic acids is 2. The van der Waals surface area contributed by atoms with Crippen molar-refractivity contribution in [2.24, 2.45) is 14.1 Å². The van der Waals surface area contributed by atoms with Gasteiger partial charge in [-0.15, -0.1) is 0 Å². The summed E-state index contributed by atoms with van der Waals surface area (Å²) in [6.45, 7) is 2.72. The van der Waals surface area contributed by atoms with E-state index in [1.807, 2.05) is 95.5 Å². The van der Waals surface area contributed by atoms with E-state index in [4.69, 9.17) is 14.9 Å². The van der Waals surface area contributed by atoms with Gasteiger partial charge >= 0.3 is 23.3 Å². The van der Waals surface area contributed by atoms with Gasteiger partial charge in [0.15, 0.2) is 0 Å². The van der Waals surface area contributed by atoms with Crippen molar-refractivity contribution in [1.82, 2.24) is 64.9 Å². The van der Waals surface area contributed by atoms with Crippen LogP contribution in [-0.4, -0.2) is 73.2 Å². The van der Waals surface area contributed by atoms with Crippen LogP contribution in [0.2, 0.25) is 0 Å². The smallest absolute Gasteiger partial charge is 0.331 e. The van der Waals surface area contributed by atoms with E-state index in [1.54, 1.807) is 90.1 Å². The summed E-state index contributed by atoms with van der Waals surface area (Å²) in [5.41, 5.74) is 5.33. The third-order valence-corrected chi connectivity index (χ3v) is 11.1. The first-order valence-corrected chi connectivity index (χ1v) is 21.6. The molecule has 0 aliphatic heterocycles. The lowest BCUT2D eigenvalue weighted by molar-refractivity contribution is -0.670. The number of nitrogens with one attached hydrogen (secondary N) is 4. The van der Waals surface area contributed by atoms with Gasteiger partial charge in [-0.3, -0.25) is 14.6 Å². The minimum absolute atomic E-state index is 0.240. The topological polar surface area (TPSA) is 217 Å². The summed E-state index contributed by atoms with van der Waals surface area (Å²) in [6.07, 6.45) is 13.2. The number of para-hydroxylation sites is 1. The Kier molecular flexibility index (Phi) is 12.9. The van der Waals surface area contributed by atoms with E-state index in [-0.39, 0.29) is 37.5 Å². The molecule has 20 heteroatoms. The molecule has 3 aromatic carbocycles. The summed E-state index contributed by atoms with van der Waals surface area (Å²) in [4.78, 5) is 56.4. The number of ether oxygens (including phenoxy) is 1. The molecule has 1 unspecified atom stereocenters. The van der Waals surface area contributed by atoms with Crippen molar-refractivity contribution in [3.8, 4) is 34.5 Å². The maximum atomic E-state index is 13.6. The molecule has 6 aromatic heterocycles. The molecule has 0 fully saturated rings. The molecule has 68 heavy (non-hydrogen) atoms. The van der Waals surface area contributed by atoms with Gasteiger partial charge in [-0.2, -0.15) is 0 Å². The fourth-order valence-corrected chi connectivity index (χ4v) is 7.63. The SMILES string of the molecule is COc1cnccc1CNC(=O)c1cccc(NCc2nn(-n3nc(CNc4cccc(C(=O)NC(C)c5nccn5-c5ccccc5)c4)[n+](C)c3-c3ccncn3)c(-c3ccncn3)[n+]2C)c1. The molecule has 0 aliphatic carbocycles. The molecular formula is C48H47N17O3+2. The number of nitrogens with zero attached hydrogens (tertiary/aromatic N) is 13. The van der Waals surface area contributed by atoms with Crippen LogP contribution in [0.3, 0.4) is 0 Å². The van der Waals surface area contributed by atoms with Crippen LogP contribution in [0, 0.1) is 0 Å². The molecule has 4 N–H and O–H groups in total. The molecular weight excluding hydrogens is 863 g/mol. The largest absolute Gasteiger partial charge is 0.495 e. The highest BCUT2D eigenvalue weighted by Crippen LogP contribution is 2.22. The summed E-state index contributed by atoms with van der Waals surface area (Å²) in [6, 6.07) is 29.4. The predicted octanol–water partition coefficient (Wildman–Crippen LogP) is 4.19. The third kappa shape index (κ3) is 9.45. The van der Waals surface area contributed by atoms with Crippen LogP contribution in [-0.2, 0) is 33.7 Å². The Bertz CT molecular complexity index is 3190. The van der Waals surface area contributed by atoms with Gasteiger partial charge in [-0.05, 0) is 73.7 Å². The number of aromatic nitrogens is 13. The van der Waals surface area contributed by atoms with Crippen molar-refractivity contribution in [2.45, 2.75) is 32.6 Å². The molecule has 20 nitrogen and oxygen atoms in total. The lowest BCUT2D eigenvalue weighted by Crippen LogP contribution is -2.37. The first kappa shape index (κ1) is 44.0. The Morgan fingerprint density at radius 3 is 1.82 bits per heavy atom. The van der Waals surface area contributed by atoms with Crippen LogP contribution in [0.4, 0.5) is 11.4 Å². The van der Waals surface area contributed by atoms with Gasteiger partial charge in [0.2, 0.25) is 0 Å². The summed E-state index contributed by atoms with van der Waals surface area (Å²) in [5, 5.41) is 23.2. The summed E-state index contributed by atoms with van der Waals surface area (Å²) in [7, 11) is 5.36. The Morgan fingerprint density at radius 2 is 1.25 bits per heavy atom. The monoisotopic (exact) mass is 909 g/mol. The van der Waals surface area contributed by atoms with Crippen molar-refractivity contribution >= 4 is 23.2 Å². The number of amides is 2. The zero-order chi connectivity index (χ0) is 47.0. The Labute approximate surface area is 390 Å². The maximum absolute atomic E-state index is 13.6. The average Bonchev–Trinajstić information content (AvgIpc) is 4.10.